The van der Waals surface area contributed by atoms with Gasteiger partial charge in [-0.15, -0.1) is 11.3 Å². The number of hydrogen-bond donors (Lipinski definition) is 0. The summed E-state index contributed by atoms with van der Waals surface area (Å²) in [6, 6.07) is 0. The van der Waals surface area contributed by atoms with Crippen molar-refractivity contribution < 1.29 is 9.53 Å². The Balaban J connectivity index is 1.58. The lowest BCUT2D eigenvalue weighted by molar-refractivity contribution is -0.139. The molecule has 1 spiro atoms. The van der Waals surface area contributed by atoms with E-state index in [1.165, 1.54) is 52.1 Å². The maximum atomic E-state index is 11.3. The maximum Gasteiger partial charge on any atom is 0.311 e. The first kappa shape index (κ1) is 14.8. The highest BCUT2D eigenvalue weighted by molar-refractivity contribution is 7.13. The average Bonchev–Trinajstić information content (AvgIpc) is 2.97. The Morgan fingerprint density at radius 1 is 1.29 bits per heavy atom. The molecule has 1 aliphatic heterocycles. The Kier molecular flexibility index (Phi) is 4.48. The summed E-state index contributed by atoms with van der Waals surface area (Å²) in [4.78, 5) is 18.3. The molecule has 2 fully saturated rings. The zero-order valence-corrected chi connectivity index (χ0v) is 13.6. The highest BCUT2D eigenvalue weighted by Crippen LogP contribution is 2.45. The lowest BCUT2D eigenvalue weighted by atomic mass is 9.68. The van der Waals surface area contributed by atoms with Crippen molar-refractivity contribution in [3.8, 4) is 0 Å². The molecule has 1 saturated heterocycles. The van der Waals surface area contributed by atoms with Crippen LogP contribution in [0.4, 0.5) is 5.13 Å². The van der Waals surface area contributed by atoms with Crippen molar-refractivity contribution in [3.63, 3.8) is 0 Å². The third-order valence-electron chi connectivity index (χ3n) is 5.10. The molecule has 2 heterocycles. The Labute approximate surface area is 130 Å². The summed E-state index contributed by atoms with van der Waals surface area (Å²) in [5, 5.41) is 3.05. The van der Waals surface area contributed by atoms with Crippen LogP contribution < -0.4 is 4.90 Å². The quantitative estimate of drug-likeness (QED) is 0.803. The van der Waals surface area contributed by atoms with Gasteiger partial charge in [0.15, 0.2) is 5.13 Å². The predicted octanol–water partition coefficient (Wildman–Crippen LogP) is 3.41. The van der Waals surface area contributed by atoms with Crippen LogP contribution in [0.2, 0.25) is 0 Å². The third-order valence-corrected chi connectivity index (χ3v) is 6.05. The van der Waals surface area contributed by atoms with E-state index in [9.17, 15) is 4.79 Å². The van der Waals surface area contributed by atoms with Gasteiger partial charge in [-0.25, -0.2) is 4.98 Å². The van der Waals surface area contributed by atoms with E-state index < -0.39 is 0 Å². The molecule has 1 aliphatic carbocycles. The molecule has 4 nitrogen and oxygen atoms in total. The van der Waals surface area contributed by atoms with Crippen molar-refractivity contribution in [2.45, 2.75) is 51.4 Å². The van der Waals surface area contributed by atoms with E-state index in [1.807, 2.05) is 5.38 Å². The molecule has 1 aromatic rings. The van der Waals surface area contributed by atoms with E-state index >= 15 is 0 Å². The number of carbonyl (C=O) groups excluding carboxylic acids is 1. The summed E-state index contributed by atoms with van der Waals surface area (Å²) in [7, 11) is 1.42. The monoisotopic (exact) mass is 308 g/mol. The zero-order valence-electron chi connectivity index (χ0n) is 12.8. The van der Waals surface area contributed by atoms with Gasteiger partial charge in [0.25, 0.3) is 0 Å². The molecule has 21 heavy (non-hydrogen) atoms. The number of ether oxygens (including phenoxy) is 1. The second kappa shape index (κ2) is 6.34. The molecule has 2 aliphatic rings. The lowest BCUT2D eigenvalue weighted by Gasteiger charge is -2.44. The van der Waals surface area contributed by atoms with Crippen LogP contribution in [0.15, 0.2) is 5.38 Å². The molecule has 5 heteroatoms. The van der Waals surface area contributed by atoms with Crippen LogP contribution >= 0.6 is 11.3 Å². The van der Waals surface area contributed by atoms with E-state index in [0.29, 0.717) is 5.41 Å². The topological polar surface area (TPSA) is 42.4 Å². The smallest absolute Gasteiger partial charge is 0.311 e. The van der Waals surface area contributed by atoms with Crippen LogP contribution in [0, 0.1) is 5.41 Å². The number of esters is 1. The minimum absolute atomic E-state index is 0.216. The van der Waals surface area contributed by atoms with Gasteiger partial charge in [-0.3, -0.25) is 4.79 Å². The van der Waals surface area contributed by atoms with Crippen molar-refractivity contribution >= 4 is 22.4 Å². The number of rotatable bonds is 3. The first-order valence-corrected chi connectivity index (χ1v) is 8.85. The van der Waals surface area contributed by atoms with Gasteiger partial charge in [-0.1, -0.05) is 19.3 Å². The number of hydrogen-bond acceptors (Lipinski definition) is 5. The molecule has 0 bridgehead atoms. The molecule has 0 unspecified atom stereocenters. The van der Waals surface area contributed by atoms with Crippen LogP contribution in [0.5, 0.6) is 0 Å². The summed E-state index contributed by atoms with van der Waals surface area (Å²) in [6.45, 7) is 2.23. The molecule has 0 amide bonds. The van der Waals surface area contributed by atoms with Gasteiger partial charge in [0.2, 0.25) is 0 Å². The van der Waals surface area contributed by atoms with E-state index in [2.05, 4.69) is 9.88 Å². The molecule has 3 rings (SSSR count). The van der Waals surface area contributed by atoms with Crippen LogP contribution in [-0.2, 0) is 16.0 Å². The number of aromatic nitrogens is 1. The fourth-order valence-electron chi connectivity index (χ4n) is 3.72. The normalized spacial score (nSPS) is 21.5. The molecule has 116 valence electrons. The van der Waals surface area contributed by atoms with E-state index in [0.717, 1.165) is 23.9 Å². The first-order chi connectivity index (χ1) is 10.2. The standard InChI is InChI=1S/C16H24N2O2S/c1-20-14(19)11-13-12-21-15(17-13)18-9-7-16(8-10-18)5-3-2-4-6-16/h12H,2-11H2,1H3. The van der Waals surface area contributed by atoms with Crippen molar-refractivity contribution in [2.24, 2.45) is 5.41 Å². The van der Waals surface area contributed by atoms with Gasteiger partial charge in [0.05, 0.1) is 19.2 Å². The molecule has 1 saturated carbocycles. The number of nitrogens with zero attached hydrogens (tertiary/aromatic N) is 2. The number of methoxy groups -OCH3 is 1. The summed E-state index contributed by atoms with van der Waals surface area (Å²) < 4.78 is 4.70. The Hall–Kier alpha value is -1.10. The first-order valence-electron chi connectivity index (χ1n) is 7.97. The molecular weight excluding hydrogens is 284 g/mol. The molecule has 1 aromatic heterocycles. The van der Waals surface area contributed by atoms with Crippen LogP contribution in [0.25, 0.3) is 0 Å². The van der Waals surface area contributed by atoms with Gasteiger partial charge in [-0.2, -0.15) is 0 Å². The summed E-state index contributed by atoms with van der Waals surface area (Å²) in [6.07, 6.45) is 10.00. The van der Waals surface area contributed by atoms with Gasteiger partial charge in [-0.05, 0) is 31.1 Å². The van der Waals surface area contributed by atoms with Crippen molar-refractivity contribution in [2.75, 3.05) is 25.1 Å². The summed E-state index contributed by atoms with van der Waals surface area (Å²) >= 11 is 1.65. The second-order valence-corrected chi connectivity index (χ2v) is 7.26. The largest absolute Gasteiger partial charge is 0.469 e. The number of carbonyl (C=O) groups is 1. The van der Waals surface area contributed by atoms with Gasteiger partial charge in [0, 0.05) is 18.5 Å². The molecule has 0 aromatic carbocycles. The number of thiazole rings is 1. The number of piperidine rings is 1. The molecule has 0 N–H and O–H groups in total. The van der Waals surface area contributed by atoms with Gasteiger partial charge >= 0.3 is 5.97 Å². The number of anilines is 1. The van der Waals surface area contributed by atoms with Crippen molar-refractivity contribution in [1.29, 1.82) is 0 Å². The average molecular weight is 308 g/mol. The van der Waals surface area contributed by atoms with Crippen molar-refractivity contribution in [3.05, 3.63) is 11.1 Å². The molecule has 0 radical (unpaired) electrons. The fourth-order valence-corrected chi connectivity index (χ4v) is 4.60. The minimum Gasteiger partial charge on any atom is -0.469 e. The Morgan fingerprint density at radius 2 is 2.00 bits per heavy atom. The minimum atomic E-state index is -0.216. The fraction of sp³-hybridized carbons (Fsp3) is 0.750. The summed E-state index contributed by atoms with van der Waals surface area (Å²) in [5.41, 5.74) is 1.46. The van der Waals surface area contributed by atoms with Crippen molar-refractivity contribution in [1.82, 2.24) is 4.98 Å². The molecular formula is C16H24N2O2S. The van der Waals surface area contributed by atoms with Crippen LogP contribution in [-0.4, -0.2) is 31.2 Å². The third kappa shape index (κ3) is 3.39. The Bertz CT molecular complexity index is 484. The lowest BCUT2D eigenvalue weighted by Crippen LogP contribution is -2.41. The molecule has 0 atom stereocenters. The van der Waals surface area contributed by atoms with E-state index in [1.54, 1.807) is 11.3 Å². The second-order valence-electron chi connectivity index (χ2n) is 6.42. The Morgan fingerprint density at radius 3 is 2.67 bits per heavy atom. The maximum absolute atomic E-state index is 11.3. The van der Waals surface area contributed by atoms with E-state index in [4.69, 9.17) is 4.74 Å². The van der Waals surface area contributed by atoms with Crippen LogP contribution in [0.1, 0.15) is 50.6 Å². The SMILES string of the molecule is COC(=O)Cc1csc(N2CCC3(CCCCC3)CC2)n1. The van der Waals surface area contributed by atoms with Crippen LogP contribution in [0.3, 0.4) is 0 Å². The zero-order chi connectivity index (χ0) is 14.7. The van der Waals surface area contributed by atoms with E-state index in [-0.39, 0.29) is 12.4 Å². The van der Waals surface area contributed by atoms with Gasteiger partial charge < -0.3 is 9.64 Å². The summed E-state index contributed by atoms with van der Waals surface area (Å²) in [5.74, 6) is -0.216. The highest BCUT2D eigenvalue weighted by Gasteiger charge is 2.36. The predicted molar refractivity (Wildman–Crippen MR) is 84.8 cm³/mol. The van der Waals surface area contributed by atoms with Gasteiger partial charge in [0.1, 0.15) is 0 Å². The highest BCUT2D eigenvalue weighted by atomic mass is 32.1.